The minimum atomic E-state index is 0.279. The molecule has 0 atom stereocenters. The summed E-state index contributed by atoms with van der Waals surface area (Å²) in [5.74, 6) is 1.81. The number of hydrogen-bond donors (Lipinski definition) is 1. The zero-order valence-electron chi connectivity index (χ0n) is 13.5. The van der Waals surface area contributed by atoms with Gasteiger partial charge in [0, 0.05) is 17.6 Å². The van der Waals surface area contributed by atoms with Gasteiger partial charge in [-0.1, -0.05) is 30.3 Å². The zero-order valence-corrected chi connectivity index (χ0v) is 13.5. The van der Waals surface area contributed by atoms with Gasteiger partial charge in [0.2, 0.25) is 0 Å². The fraction of sp³-hybridized carbons (Fsp3) is 0.389. The van der Waals surface area contributed by atoms with Gasteiger partial charge in [-0.25, -0.2) is 15.0 Å². The Balaban J connectivity index is 1.89. The Labute approximate surface area is 135 Å². The molecule has 4 rings (SSSR count). The molecule has 1 fully saturated rings. The van der Waals surface area contributed by atoms with Gasteiger partial charge in [-0.2, -0.15) is 0 Å². The first-order valence-electron chi connectivity index (χ1n) is 8.29. The first kappa shape index (κ1) is 14.2. The summed E-state index contributed by atoms with van der Waals surface area (Å²) < 4.78 is 2.19. The third-order valence-corrected chi connectivity index (χ3v) is 4.47. The predicted octanol–water partition coefficient (Wildman–Crippen LogP) is 4.04. The van der Waals surface area contributed by atoms with Gasteiger partial charge in [0.15, 0.2) is 17.0 Å². The summed E-state index contributed by atoms with van der Waals surface area (Å²) in [6.07, 6.45) is 5.35. The SMILES string of the molecule is CC(C)n1c(-c2ccccc2)nc2c(NC3CCC3)ncnc21. The van der Waals surface area contributed by atoms with Crippen LogP contribution in [-0.2, 0) is 0 Å². The predicted molar refractivity (Wildman–Crippen MR) is 92.4 cm³/mol. The Morgan fingerprint density at radius 1 is 1.13 bits per heavy atom. The number of benzene rings is 1. The topological polar surface area (TPSA) is 55.6 Å². The van der Waals surface area contributed by atoms with Crippen molar-refractivity contribution < 1.29 is 0 Å². The summed E-state index contributed by atoms with van der Waals surface area (Å²) in [6.45, 7) is 4.32. The maximum absolute atomic E-state index is 4.89. The van der Waals surface area contributed by atoms with Crippen LogP contribution in [-0.4, -0.2) is 25.6 Å². The monoisotopic (exact) mass is 307 g/mol. The first-order valence-corrected chi connectivity index (χ1v) is 8.29. The fourth-order valence-electron chi connectivity index (χ4n) is 3.04. The van der Waals surface area contributed by atoms with Gasteiger partial charge in [0.1, 0.15) is 12.2 Å². The summed E-state index contributed by atoms with van der Waals surface area (Å²) in [5.41, 5.74) is 2.87. The van der Waals surface area contributed by atoms with Crippen molar-refractivity contribution in [3.8, 4) is 11.4 Å². The van der Waals surface area contributed by atoms with Gasteiger partial charge in [-0.3, -0.25) is 0 Å². The lowest BCUT2D eigenvalue weighted by atomic mass is 9.93. The molecular formula is C18H21N5. The van der Waals surface area contributed by atoms with Crippen LogP contribution in [0.2, 0.25) is 0 Å². The Morgan fingerprint density at radius 3 is 2.57 bits per heavy atom. The molecule has 0 radical (unpaired) electrons. The van der Waals surface area contributed by atoms with Gasteiger partial charge in [0.25, 0.3) is 0 Å². The van der Waals surface area contributed by atoms with Crippen LogP contribution < -0.4 is 5.32 Å². The molecule has 5 nitrogen and oxygen atoms in total. The summed E-state index contributed by atoms with van der Waals surface area (Å²) >= 11 is 0. The standard InChI is InChI=1S/C18H21N5/c1-12(2)23-17(13-7-4-3-5-8-13)22-15-16(19-11-20-18(15)23)21-14-9-6-10-14/h3-5,7-8,11-12,14H,6,9-10H2,1-2H3,(H,19,20,21). The molecule has 0 spiro atoms. The number of nitrogens with one attached hydrogen (secondary N) is 1. The van der Waals surface area contributed by atoms with Crippen molar-refractivity contribution in [3.05, 3.63) is 36.7 Å². The number of fused-ring (bicyclic) bond motifs is 1. The highest BCUT2D eigenvalue weighted by Crippen LogP contribution is 2.31. The molecule has 0 amide bonds. The maximum Gasteiger partial charge on any atom is 0.166 e. The van der Waals surface area contributed by atoms with Crippen molar-refractivity contribution in [3.63, 3.8) is 0 Å². The van der Waals surface area contributed by atoms with Crippen LogP contribution in [0.3, 0.4) is 0 Å². The number of anilines is 1. The van der Waals surface area contributed by atoms with Crippen molar-refractivity contribution in [1.29, 1.82) is 0 Å². The Kier molecular flexibility index (Phi) is 3.48. The molecular weight excluding hydrogens is 286 g/mol. The third-order valence-electron chi connectivity index (χ3n) is 4.47. The molecule has 0 saturated heterocycles. The van der Waals surface area contributed by atoms with Crippen LogP contribution in [0, 0.1) is 0 Å². The molecule has 1 N–H and O–H groups in total. The average molecular weight is 307 g/mol. The average Bonchev–Trinajstić information content (AvgIpc) is 2.92. The molecule has 1 aromatic carbocycles. The fourth-order valence-corrected chi connectivity index (χ4v) is 3.04. The number of hydrogen-bond acceptors (Lipinski definition) is 4. The quantitative estimate of drug-likeness (QED) is 0.790. The highest BCUT2D eigenvalue weighted by atomic mass is 15.2. The van der Waals surface area contributed by atoms with E-state index < -0.39 is 0 Å². The summed E-state index contributed by atoms with van der Waals surface area (Å²) in [7, 11) is 0. The van der Waals surface area contributed by atoms with E-state index in [-0.39, 0.29) is 6.04 Å². The highest BCUT2D eigenvalue weighted by Gasteiger charge is 2.22. The minimum absolute atomic E-state index is 0.279. The van der Waals surface area contributed by atoms with Crippen molar-refractivity contribution >= 4 is 17.0 Å². The van der Waals surface area contributed by atoms with E-state index in [0.717, 1.165) is 28.4 Å². The van der Waals surface area contributed by atoms with Crippen molar-refractivity contribution in [2.24, 2.45) is 0 Å². The molecule has 0 aliphatic heterocycles. The number of imidazole rings is 1. The van der Waals surface area contributed by atoms with Crippen LogP contribution in [0.15, 0.2) is 36.7 Å². The van der Waals surface area contributed by atoms with Crippen LogP contribution in [0.25, 0.3) is 22.6 Å². The van der Waals surface area contributed by atoms with Crippen LogP contribution >= 0.6 is 0 Å². The molecule has 1 aliphatic carbocycles. The second kappa shape index (κ2) is 5.65. The van der Waals surface area contributed by atoms with Gasteiger partial charge >= 0.3 is 0 Å². The molecule has 118 valence electrons. The molecule has 1 aliphatic rings. The van der Waals surface area contributed by atoms with E-state index in [1.807, 2.05) is 18.2 Å². The van der Waals surface area contributed by atoms with Crippen molar-refractivity contribution in [2.75, 3.05) is 5.32 Å². The summed E-state index contributed by atoms with van der Waals surface area (Å²) in [5, 5.41) is 3.53. The lowest BCUT2D eigenvalue weighted by molar-refractivity contribution is 0.444. The number of aromatic nitrogens is 4. The largest absolute Gasteiger partial charge is 0.365 e. The van der Waals surface area contributed by atoms with Crippen LogP contribution in [0.1, 0.15) is 39.2 Å². The van der Waals surface area contributed by atoms with E-state index in [1.54, 1.807) is 6.33 Å². The van der Waals surface area contributed by atoms with Gasteiger partial charge < -0.3 is 9.88 Å². The lowest BCUT2D eigenvalue weighted by Gasteiger charge is -2.26. The highest BCUT2D eigenvalue weighted by molar-refractivity contribution is 5.86. The molecule has 0 bridgehead atoms. The van der Waals surface area contributed by atoms with E-state index in [0.29, 0.717) is 6.04 Å². The molecule has 0 unspecified atom stereocenters. The van der Waals surface area contributed by atoms with Crippen LogP contribution in [0.4, 0.5) is 5.82 Å². The number of nitrogens with zero attached hydrogens (tertiary/aromatic N) is 4. The molecule has 2 heterocycles. The second-order valence-corrected chi connectivity index (χ2v) is 6.43. The summed E-state index contributed by atoms with van der Waals surface area (Å²) in [6, 6.07) is 11.1. The van der Waals surface area contributed by atoms with E-state index in [4.69, 9.17) is 4.98 Å². The second-order valence-electron chi connectivity index (χ2n) is 6.43. The van der Waals surface area contributed by atoms with E-state index in [1.165, 1.54) is 19.3 Å². The Bertz CT molecular complexity index is 818. The van der Waals surface area contributed by atoms with Gasteiger partial charge in [-0.05, 0) is 33.1 Å². The first-order chi connectivity index (χ1) is 11.2. The van der Waals surface area contributed by atoms with E-state index in [2.05, 4.69) is 45.8 Å². The normalized spacial score (nSPS) is 15.1. The molecule has 5 heteroatoms. The smallest absolute Gasteiger partial charge is 0.166 e. The van der Waals surface area contributed by atoms with Gasteiger partial charge in [0.05, 0.1) is 0 Å². The molecule has 2 aromatic heterocycles. The lowest BCUT2D eigenvalue weighted by Crippen LogP contribution is -2.27. The minimum Gasteiger partial charge on any atom is -0.365 e. The van der Waals surface area contributed by atoms with E-state index >= 15 is 0 Å². The zero-order chi connectivity index (χ0) is 15.8. The van der Waals surface area contributed by atoms with Gasteiger partial charge in [-0.15, -0.1) is 0 Å². The Morgan fingerprint density at radius 2 is 1.91 bits per heavy atom. The van der Waals surface area contributed by atoms with E-state index in [9.17, 15) is 0 Å². The maximum atomic E-state index is 4.89. The molecule has 1 saturated carbocycles. The Hall–Kier alpha value is -2.43. The van der Waals surface area contributed by atoms with Crippen molar-refractivity contribution in [2.45, 2.75) is 45.2 Å². The molecule has 3 aromatic rings. The van der Waals surface area contributed by atoms with Crippen molar-refractivity contribution in [1.82, 2.24) is 19.5 Å². The summed E-state index contributed by atoms with van der Waals surface area (Å²) in [4.78, 5) is 13.8. The third kappa shape index (κ3) is 2.46. The number of rotatable bonds is 4. The van der Waals surface area contributed by atoms with Crippen LogP contribution in [0.5, 0.6) is 0 Å². The molecule has 23 heavy (non-hydrogen) atoms.